The zero-order chi connectivity index (χ0) is 15.0. The van der Waals surface area contributed by atoms with Gasteiger partial charge < -0.3 is 10.6 Å². The van der Waals surface area contributed by atoms with Crippen molar-refractivity contribution in [2.45, 2.75) is 25.8 Å². The van der Waals surface area contributed by atoms with E-state index in [-0.39, 0.29) is 11.9 Å². The van der Waals surface area contributed by atoms with Crippen LogP contribution in [0, 0.1) is 5.92 Å². The summed E-state index contributed by atoms with van der Waals surface area (Å²) in [6, 6.07) is 8.01. The molecule has 112 valence electrons. The molecular formula is C16H19ClN2OS. The third-order valence-electron chi connectivity index (χ3n) is 4.22. The van der Waals surface area contributed by atoms with Crippen LogP contribution in [0.2, 0.25) is 5.02 Å². The van der Waals surface area contributed by atoms with Crippen LogP contribution < -0.4 is 5.73 Å². The van der Waals surface area contributed by atoms with E-state index in [1.54, 1.807) is 0 Å². The quantitative estimate of drug-likeness (QED) is 0.915. The lowest BCUT2D eigenvalue weighted by Gasteiger charge is -2.34. The number of nitrogens with zero attached hydrogens (tertiary/aromatic N) is 1. The van der Waals surface area contributed by atoms with Gasteiger partial charge in [-0.2, -0.15) is 0 Å². The average Bonchev–Trinajstić information content (AvgIpc) is 2.84. The van der Waals surface area contributed by atoms with Crippen LogP contribution in [-0.4, -0.2) is 29.9 Å². The molecule has 5 heteroatoms. The van der Waals surface area contributed by atoms with Gasteiger partial charge in [0, 0.05) is 29.2 Å². The van der Waals surface area contributed by atoms with Crippen LogP contribution in [0.3, 0.4) is 0 Å². The first-order valence-corrected chi connectivity index (χ1v) is 8.49. The number of likely N-dealkylation sites (tertiary alicyclic amines) is 1. The molecule has 2 N–H and O–H groups in total. The minimum absolute atomic E-state index is 0.0477. The van der Waals surface area contributed by atoms with E-state index in [4.69, 9.17) is 17.3 Å². The van der Waals surface area contributed by atoms with Crippen LogP contribution in [0.25, 0.3) is 10.1 Å². The molecule has 0 spiro atoms. The average molecular weight is 323 g/mol. The van der Waals surface area contributed by atoms with Crippen LogP contribution in [0.15, 0.2) is 24.3 Å². The lowest BCUT2D eigenvalue weighted by Crippen LogP contribution is -2.44. The van der Waals surface area contributed by atoms with Crippen molar-refractivity contribution in [2.24, 2.45) is 11.7 Å². The first kappa shape index (κ1) is 14.8. The van der Waals surface area contributed by atoms with E-state index in [9.17, 15) is 4.79 Å². The van der Waals surface area contributed by atoms with E-state index in [2.05, 4.69) is 0 Å². The van der Waals surface area contributed by atoms with Crippen LogP contribution in [0.5, 0.6) is 0 Å². The molecule has 1 aromatic heterocycles. The predicted octanol–water partition coefficient (Wildman–Crippen LogP) is 3.75. The summed E-state index contributed by atoms with van der Waals surface area (Å²) in [5.74, 6) is 0.433. The summed E-state index contributed by atoms with van der Waals surface area (Å²) in [6.45, 7) is 3.55. The number of carbonyl (C=O) groups excluding carboxylic acids is 1. The number of piperidine rings is 1. The molecule has 1 amide bonds. The third kappa shape index (κ3) is 2.80. The molecule has 1 fully saturated rings. The largest absolute Gasteiger partial charge is 0.338 e. The maximum atomic E-state index is 12.8. The summed E-state index contributed by atoms with van der Waals surface area (Å²) in [7, 11) is 0. The highest BCUT2D eigenvalue weighted by Crippen LogP contribution is 2.36. The second-order valence-corrected chi connectivity index (χ2v) is 7.18. The molecule has 0 saturated carbocycles. The van der Waals surface area contributed by atoms with Crippen molar-refractivity contribution in [3.63, 3.8) is 0 Å². The fraction of sp³-hybridized carbons (Fsp3) is 0.438. The van der Waals surface area contributed by atoms with E-state index in [0.29, 0.717) is 15.8 Å². The number of hydrogen-bond acceptors (Lipinski definition) is 3. The van der Waals surface area contributed by atoms with Crippen molar-refractivity contribution >= 4 is 38.9 Å². The number of amides is 1. The molecule has 1 saturated heterocycles. The lowest BCUT2D eigenvalue weighted by molar-refractivity contribution is 0.0666. The van der Waals surface area contributed by atoms with E-state index in [1.807, 2.05) is 36.1 Å². The number of hydrogen-bond donors (Lipinski definition) is 1. The Morgan fingerprint density at radius 1 is 1.48 bits per heavy atom. The van der Waals surface area contributed by atoms with Gasteiger partial charge in [-0.25, -0.2) is 0 Å². The molecule has 2 aromatic rings. The molecule has 3 rings (SSSR count). The number of halogens is 1. The summed E-state index contributed by atoms with van der Waals surface area (Å²) in [5.41, 5.74) is 6.00. The molecule has 2 heterocycles. The fourth-order valence-electron chi connectivity index (χ4n) is 2.92. The van der Waals surface area contributed by atoms with Gasteiger partial charge in [0.15, 0.2) is 0 Å². The number of thiophene rings is 1. The Labute approximate surface area is 133 Å². The Balaban J connectivity index is 1.88. The van der Waals surface area contributed by atoms with Gasteiger partial charge in [-0.1, -0.05) is 29.8 Å². The van der Waals surface area contributed by atoms with Crippen LogP contribution in [0.1, 0.15) is 29.4 Å². The minimum atomic E-state index is 0.0477. The van der Waals surface area contributed by atoms with E-state index in [0.717, 1.165) is 36.0 Å². The second kappa shape index (κ2) is 5.95. The predicted molar refractivity (Wildman–Crippen MR) is 89.1 cm³/mol. The van der Waals surface area contributed by atoms with Gasteiger partial charge in [-0.15, -0.1) is 11.3 Å². The molecule has 2 atom stereocenters. The Kier molecular flexibility index (Phi) is 4.20. The SMILES string of the molecule is C[C@H](N)[C@H]1CCCN(C(=O)c2sc3ccccc3c2Cl)C1. The molecule has 0 radical (unpaired) electrons. The zero-order valence-corrected chi connectivity index (χ0v) is 13.6. The number of nitrogens with two attached hydrogens (primary N) is 1. The summed E-state index contributed by atoms with van der Waals surface area (Å²) >= 11 is 7.89. The lowest BCUT2D eigenvalue weighted by atomic mass is 9.92. The maximum Gasteiger partial charge on any atom is 0.265 e. The smallest absolute Gasteiger partial charge is 0.265 e. The van der Waals surface area contributed by atoms with E-state index >= 15 is 0 Å². The Morgan fingerprint density at radius 3 is 2.95 bits per heavy atom. The van der Waals surface area contributed by atoms with Gasteiger partial charge in [-0.3, -0.25) is 4.79 Å². The molecule has 0 unspecified atom stereocenters. The summed E-state index contributed by atoms with van der Waals surface area (Å²) in [6.07, 6.45) is 2.11. The molecule has 3 nitrogen and oxygen atoms in total. The molecule has 1 aliphatic heterocycles. The van der Waals surface area contributed by atoms with Gasteiger partial charge in [0.05, 0.1) is 5.02 Å². The van der Waals surface area contributed by atoms with Gasteiger partial charge in [0.2, 0.25) is 0 Å². The van der Waals surface area contributed by atoms with Gasteiger partial charge in [-0.05, 0) is 31.7 Å². The summed E-state index contributed by atoms with van der Waals surface area (Å²) in [4.78, 5) is 15.3. The van der Waals surface area contributed by atoms with Crippen molar-refractivity contribution in [3.05, 3.63) is 34.2 Å². The van der Waals surface area contributed by atoms with Gasteiger partial charge in [0.1, 0.15) is 4.88 Å². The van der Waals surface area contributed by atoms with Crippen molar-refractivity contribution in [1.82, 2.24) is 4.90 Å². The molecule has 0 bridgehead atoms. The first-order valence-electron chi connectivity index (χ1n) is 7.30. The highest BCUT2D eigenvalue weighted by Gasteiger charge is 2.28. The number of fused-ring (bicyclic) bond motifs is 1. The van der Waals surface area contributed by atoms with Gasteiger partial charge in [0.25, 0.3) is 5.91 Å². The Bertz CT molecular complexity index is 667. The van der Waals surface area contributed by atoms with Crippen LogP contribution >= 0.6 is 22.9 Å². The van der Waals surface area contributed by atoms with Crippen molar-refractivity contribution in [1.29, 1.82) is 0 Å². The van der Waals surface area contributed by atoms with Gasteiger partial charge >= 0.3 is 0 Å². The van der Waals surface area contributed by atoms with Crippen LogP contribution in [0.4, 0.5) is 0 Å². The maximum absolute atomic E-state index is 12.8. The minimum Gasteiger partial charge on any atom is -0.338 e. The third-order valence-corrected chi connectivity index (χ3v) is 5.88. The Morgan fingerprint density at radius 2 is 2.24 bits per heavy atom. The summed E-state index contributed by atoms with van der Waals surface area (Å²) < 4.78 is 1.06. The highest BCUT2D eigenvalue weighted by atomic mass is 35.5. The summed E-state index contributed by atoms with van der Waals surface area (Å²) in [5, 5.41) is 1.55. The van der Waals surface area contributed by atoms with Crippen LogP contribution in [-0.2, 0) is 0 Å². The van der Waals surface area contributed by atoms with E-state index < -0.39 is 0 Å². The second-order valence-electron chi connectivity index (χ2n) is 5.75. The normalized spacial score (nSPS) is 20.7. The number of carbonyl (C=O) groups is 1. The van der Waals surface area contributed by atoms with Crippen molar-refractivity contribution < 1.29 is 4.79 Å². The molecule has 1 aliphatic rings. The zero-order valence-electron chi connectivity index (χ0n) is 12.0. The Hall–Kier alpha value is -1.10. The molecule has 21 heavy (non-hydrogen) atoms. The molecule has 1 aromatic carbocycles. The monoisotopic (exact) mass is 322 g/mol. The number of benzene rings is 1. The van der Waals surface area contributed by atoms with E-state index in [1.165, 1.54) is 11.3 Å². The fourth-order valence-corrected chi connectivity index (χ4v) is 4.40. The van der Waals surface area contributed by atoms with Crippen molar-refractivity contribution in [2.75, 3.05) is 13.1 Å². The van der Waals surface area contributed by atoms with Crippen molar-refractivity contribution in [3.8, 4) is 0 Å². The first-order chi connectivity index (χ1) is 10.1. The standard InChI is InChI=1S/C16H19ClN2OS/c1-10(18)11-5-4-8-19(9-11)16(20)15-14(17)12-6-2-3-7-13(12)21-15/h2-3,6-7,10-11H,4-5,8-9,18H2,1H3/t10-,11-/m0/s1. The molecule has 0 aliphatic carbocycles. The number of rotatable bonds is 2. The highest BCUT2D eigenvalue weighted by molar-refractivity contribution is 7.21. The molecular weight excluding hydrogens is 304 g/mol. The topological polar surface area (TPSA) is 46.3 Å².